The van der Waals surface area contributed by atoms with Crippen molar-refractivity contribution in [3.05, 3.63) is 53.0 Å². The van der Waals surface area contributed by atoms with Gasteiger partial charge in [0.05, 0.1) is 10.6 Å². The van der Waals surface area contributed by atoms with E-state index in [-0.39, 0.29) is 0 Å². The third kappa shape index (κ3) is 2.28. The summed E-state index contributed by atoms with van der Waals surface area (Å²) >= 11 is 0. The lowest BCUT2D eigenvalue weighted by atomic mass is 10.2. The number of piperazine rings is 1. The largest absolute Gasteiger partial charge is 0.462 e. The molecule has 2 aromatic rings. The van der Waals surface area contributed by atoms with Gasteiger partial charge in [-0.1, -0.05) is 18.2 Å². The second-order valence-corrected chi connectivity index (χ2v) is 5.26. The summed E-state index contributed by atoms with van der Waals surface area (Å²) in [6.45, 7) is 4.05. The second kappa shape index (κ2) is 5.22. The molecule has 106 valence electrons. The summed E-state index contributed by atoms with van der Waals surface area (Å²) in [5.41, 5.74) is 2.08. The number of fused-ring (bicyclic) bond motifs is 2. The predicted molar refractivity (Wildman–Crippen MR) is 83.5 cm³/mol. The normalized spacial score (nSPS) is 16.7. The highest BCUT2D eigenvalue weighted by Gasteiger charge is 2.13. The topological polar surface area (TPSA) is 36.9 Å². The van der Waals surface area contributed by atoms with Crippen molar-refractivity contribution in [2.24, 2.45) is 4.99 Å². The van der Waals surface area contributed by atoms with Crippen LogP contribution in [0.25, 0.3) is 6.26 Å². The van der Waals surface area contributed by atoms with Crippen LogP contribution in [-0.4, -0.2) is 26.2 Å². The first-order valence-electron chi connectivity index (χ1n) is 7.31. The van der Waals surface area contributed by atoms with Crippen LogP contribution < -0.4 is 25.5 Å². The number of anilines is 1. The maximum absolute atomic E-state index is 5.85. The van der Waals surface area contributed by atoms with Crippen molar-refractivity contribution in [1.29, 1.82) is 0 Å². The maximum atomic E-state index is 5.85. The first kappa shape index (κ1) is 12.4. The Hall–Kier alpha value is -2.33. The van der Waals surface area contributed by atoms with Gasteiger partial charge in [-0.05, 0) is 24.3 Å². The zero-order valence-electron chi connectivity index (χ0n) is 11.7. The quantitative estimate of drug-likeness (QED) is 0.851. The van der Waals surface area contributed by atoms with Crippen molar-refractivity contribution in [3.63, 3.8) is 0 Å². The highest BCUT2D eigenvalue weighted by atomic mass is 16.5. The molecule has 4 heteroatoms. The Morgan fingerprint density at radius 1 is 1.00 bits per heavy atom. The van der Waals surface area contributed by atoms with Crippen LogP contribution >= 0.6 is 0 Å². The van der Waals surface area contributed by atoms with Crippen molar-refractivity contribution in [3.8, 4) is 5.75 Å². The summed E-state index contributed by atoms with van der Waals surface area (Å²) in [7, 11) is 0. The molecule has 1 saturated heterocycles. The molecule has 0 bridgehead atoms. The number of para-hydroxylation sites is 2. The maximum Gasteiger partial charge on any atom is 0.152 e. The van der Waals surface area contributed by atoms with E-state index in [1.807, 2.05) is 36.6 Å². The van der Waals surface area contributed by atoms with Gasteiger partial charge in [-0.15, -0.1) is 0 Å². The molecular weight excluding hydrogens is 262 g/mol. The SMILES string of the molecule is C1=c2c(N3CCNCC3)cccc2=Nc2ccccc2O1. The van der Waals surface area contributed by atoms with Crippen LogP contribution in [0.1, 0.15) is 0 Å². The number of ether oxygens (including phenoxy) is 1. The van der Waals surface area contributed by atoms with Crippen molar-refractivity contribution in [1.82, 2.24) is 5.32 Å². The molecule has 4 rings (SSSR count). The predicted octanol–water partition coefficient (Wildman–Crippen LogP) is 1.18. The molecule has 0 saturated carbocycles. The molecule has 2 heterocycles. The third-order valence-electron chi connectivity index (χ3n) is 3.93. The van der Waals surface area contributed by atoms with E-state index in [4.69, 9.17) is 9.73 Å². The number of hydrogen-bond acceptors (Lipinski definition) is 4. The average molecular weight is 279 g/mol. The van der Waals surface area contributed by atoms with Gasteiger partial charge < -0.3 is 15.0 Å². The lowest BCUT2D eigenvalue weighted by molar-refractivity contribution is 0.542. The average Bonchev–Trinajstić information content (AvgIpc) is 2.74. The fraction of sp³-hybridized carbons (Fsp3) is 0.235. The summed E-state index contributed by atoms with van der Waals surface area (Å²) in [6, 6.07) is 14.1. The Labute approximate surface area is 123 Å². The summed E-state index contributed by atoms with van der Waals surface area (Å²) in [6.07, 6.45) is 1.84. The van der Waals surface area contributed by atoms with Gasteiger partial charge in [-0.3, -0.25) is 0 Å². The van der Waals surface area contributed by atoms with E-state index in [9.17, 15) is 0 Å². The van der Waals surface area contributed by atoms with E-state index in [1.165, 1.54) is 5.69 Å². The molecule has 21 heavy (non-hydrogen) atoms. The molecular formula is C17H17N3O. The molecule has 1 N–H and O–H groups in total. The van der Waals surface area contributed by atoms with E-state index >= 15 is 0 Å². The summed E-state index contributed by atoms with van der Waals surface area (Å²) in [5.74, 6) is 0.806. The summed E-state index contributed by atoms with van der Waals surface area (Å²) in [4.78, 5) is 7.15. The van der Waals surface area contributed by atoms with Crippen molar-refractivity contribution < 1.29 is 4.74 Å². The molecule has 0 radical (unpaired) electrons. The van der Waals surface area contributed by atoms with Crippen LogP contribution in [0, 0.1) is 0 Å². The molecule has 0 amide bonds. The Morgan fingerprint density at radius 2 is 1.86 bits per heavy atom. The Balaban J connectivity index is 1.88. The fourth-order valence-corrected chi connectivity index (χ4v) is 2.84. The Bertz CT molecular complexity index is 779. The minimum absolute atomic E-state index is 0.806. The second-order valence-electron chi connectivity index (χ2n) is 5.26. The number of nitrogens with zero attached hydrogens (tertiary/aromatic N) is 2. The van der Waals surface area contributed by atoms with Gasteiger partial charge in [0.1, 0.15) is 11.9 Å². The van der Waals surface area contributed by atoms with Gasteiger partial charge in [0.15, 0.2) is 5.75 Å². The van der Waals surface area contributed by atoms with Gasteiger partial charge >= 0.3 is 0 Å². The van der Waals surface area contributed by atoms with Crippen LogP contribution in [0.3, 0.4) is 0 Å². The van der Waals surface area contributed by atoms with Gasteiger partial charge in [0, 0.05) is 31.9 Å². The lowest BCUT2D eigenvalue weighted by Gasteiger charge is -2.29. The molecule has 0 unspecified atom stereocenters. The molecule has 0 spiro atoms. The number of rotatable bonds is 1. The molecule has 2 aromatic carbocycles. The summed E-state index contributed by atoms with van der Waals surface area (Å²) < 4.78 is 5.85. The van der Waals surface area contributed by atoms with Crippen LogP contribution in [0.4, 0.5) is 11.4 Å². The molecule has 1 fully saturated rings. The highest BCUT2D eigenvalue weighted by molar-refractivity contribution is 5.57. The van der Waals surface area contributed by atoms with E-state index < -0.39 is 0 Å². The zero-order valence-corrected chi connectivity index (χ0v) is 11.7. The highest BCUT2D eigenvalue weighted by Crippen LogP contribution is 2.27. The first-order chi connectivity index (χ1) is 10.4. The Kier molecular flexibility index (Phi) is 3.09. The first-order valence-corrected chi connectivity index (χ1v) is 7.31. The third-order valence-corrected chi connectivity index (χ3v) is 3.93. The van der Waals surface area contributed by atoms with E-state index in [1.54, 1.807) is 0 Å². The van der Waals surface area contributed by atoms with E-state index in [2.05, 4.69) is 22.3 Å². The van der Waals surface area contributed by atoms with E-state index in [0.717, 1.165) is 48.2 Å². The molecule has 4 nitrogen and oxygen atoms in total. The van der Waals surface area contributed by atoms with Crippen LogP contribution in [0.5, 0.6) is 5.75 Å². The lowest BCUT2D eigenvalue weighted by Crippen LogP contribution is -2.46. The van der Waals surface area contributed by atoms with Crippen molar-refractivity contribution >= 4 is 17.6 Å². The molecule has 0 aliphatic carbocycles. The van der Waals surface area contributed by atoms with Crippen molar-refractivity contribution in [2.45, 2.75) is 0 Å². The van der Waals surface area contributed by atoms with Crippen molar-refractivity contribution in [2.75, 3.05) is 31.1 Å². The number of benzene rings is 2. The molecule has 0 aromatic heterocycles. The van der Waals surface area contributed by atoms with Crippen LogP contribution in [-0.2, 0) is 0 Å². The number of nitrogens with one attached hydrogen (secondary N) is 1. The van der Waals surface area contributed by atoms with E-state index in [0.29, 0.717) is 0 Å². The van der Waals surface area contributed by atoms with Crippen LogP contribution in [0.2, 0.25) is 0 Å². The molecule has 2 aliphatic heterocycles. The zero-order chi connectivity index (χ0) is 14.1. The standard InChI is InChI=1S/C17H17N3O/c1-2-7-17-15(4-1)19-14-5-3-6-16(13(14)12-21-17)20-10-8-18-9-11-20/h1-7,12,18H,8-11H2. The summed E-state index contributed by atoms with van der Waals surface area (Å²) in [5, 5.41) is 5.42. The Morgan fingerprint density at radius 3 is 2.76 bits per heavy atom. The molecule has 2 aliphatic rings. The van der Waals surface area contributed by atoms with Gasteiger partial charge in [0.25, 0.3) is 0 Å². The number of hydrogen-bond donors (Lipinski definition) is 1. The van der Waals surface area contributed by atoms with Gasteiger partial charge in [-0.25, -0.2) is 4.99 Å². The van der Waals surface area contributed by atoms with Gasteiger partial charge in [0.2, 0.25) is 0 Å². The fourth-order valence-electron chi connectivity index (χ4n) is 2.84. The minimum Gasteiger partial charge on any atom is -0.462 e. The minimum atomic E-state index is 0.806. The van der Waals surface area contributed by atoms with Gasteiger partial charge in [-0.2, -0.15) is 0 Å². The molecule has 0 atom stereocenters. The monoisotopic (exact) mass is 279 g/mol. The smallest absolute Gasteiger partial charge is 0.152 e. The van der Waals surface area contributed by atoms with Crippen LogP contribution in [0.15, 0.2) is 47.5 Å².